The molecule has 1 N–H and O–H groups in total. The van der Waals surface area contributed by atoms with E-state index < -0.39 is 0 Å². The van der Waals surface area contributed by atoms with Gasteiger partial charge in [0.1, 0.15) is 5.82 Å². The minimum absolute atomic E-state index is 0.653. The summed E-state index contributed by atoms with van der Waals surface area (Å²) >= 11 is 0. The van der Waals surface area contributed by atoms with Crippen molar-refractivity contribution in [3.8, 4) is 11.1 Å². The monoisotopic (exact) mass is 310 g/mol. The lowest BCUT2D eigenvalue weighted by molar-refractivity contribution is 0.210. The first-order chi connectivity index (χ1) is 11.3. The second kappa shape index (κ2) is 7.24. The van der Waals surface area contributed by atoms with E-state index >= 15 is 0 Å². The Morgan fingerprint density at radius 2 is 2.04 bits per heavy atom. The van der Waals surface area contributed by atoms with Crippen molar-refractivity contribution in [2.24, 2.45) is 0 Å². The molecule has 0 unspecified atom stereocenters. The molecule has 3 rings (SSSR count). The van der Waals surface area contributed by atoms with Crippen LogP contribution in [0.15, 0.2) is 42.6 Å². The number of hydrogen-bond acceptors (Lipinski definition) is 4. The number of ether oxygens (including phenoxy) is 1. The number of fused-ring (bicyclic) bond motifs is 1. The standard InChI is InChI=1S/C18H22N4O/c1-3-7-15-12-17(19-10-11-23-2)22-18(21-15)16(13-20-22)14-8-5-4-6-9-14/h4-6,8-9,12-13,19H,3,7,10-11H2,1-2H3. The molecular weight excluding hydrogens is 288 g/mol. The van der Waals surface area contributed by atoms with E-state index in [4.69, 9.17) is 9.72 Å². The molecule has 2 aromatic heterocycles. The van der Waals surface area contributed by atoms with Gasteiger partial charge in [0.25, 0.3) is 0 Å². The average Bonchev–Trinajstić information content (AvgIpc) is 3.00. The Morgan fingerprint density at radius 1 is 1.22 bits per heavy atom. The van der Waals surface area contributed by atoms with Gasteiger partial charge < -0.3 is 10.1 Å². The molecular formula is C18H22N4O. The van der Waals surface area contributed by atoms with E-state index in [1.807, 2.05) is 28.9 Å². The highest BCUT2D eigenvalue weighted by atomic mass is 16.5. The molecule has 0 saturated carbocycles. The Morgan fingerprint density at radius 3 is 2.78 bits per heavy atom. The van der Waals surface area contributed by atoms with Crippen LogP contribution in [-0.4, -0.2) is 34.9 Å². The van der Waals surface area contributed by atoms with Gasteiger partial charge in [-0.25, -0.2) is 4.98 Å². The lowest BCUT2D eigenvalue weighted by atomic mass is 10.1. The van der Waals surface area contributed by atoms with Gasteiger partial charge in [0.05, 0.1) is 12.8 Å². The topological polar surface area (TPSA) is 51.5 Å². The minimum Gasteiger partial charge on any atom is -0.383 e. The third kappa shape index (κ3) is 3.35. The first-order valence-electron chi connectivity index (χ1n) is 7.99. The summed E-state index contributed by atoms with van der Waals surface area (Å²) in [7, 11) is 1.70. The van der Waals surface area contributed by atoms with Crippen molar-refractivity contribution in [1.82, 2.24) is 14.6 Å². The number of hydrogen-bond donors (Lipinski definition) is 1. The van der Waals surface area contributed by atoms with E-state index in [9.17, 15) is 0 Å². The van der Waals surface area contributed by atoms with Crippen LogP contribution >= 0.6 is 0 Å². The zero-order chi connectivity index (χ0) is 16.1. The predicted molar refractivity (Wildman–Crippen MR) is 92.8 cm³/mol. The number of benzene rings is 1. The molecule has 0 atom stereocenters. The molecule has 23 heavy (non-hydrogen) atoms. The zero-order valence-electron chi connectivity index (χ0n) is 13.6. The van der Waals surface area contributed by atoms with Crippen LogP contribution in [0.5, 0.6) is 0 Å². The van der Waals surface area contributed by atoms with Gasteiger partial charge in [-0.15, -0.1) is 0 Å². The average molecular weight is 310 g/mol. The highest BCUT2D eigenvalue weighted by molar-refractivity contribution is 5.78. The van der Waals surface area contributed by atoms with Gasteiger partial charge in [-0.1, -0.05) is 43.7 Å². The summed E-state index contributed by atoms with van der Waals surface area (Å²) in [4.78, 5) is 4.82. The van der Waals surface area contributed by atoms with E-state index in [1.54, 1.807) is 7.11 Å². The second-order valence-electron chi connectivity index (χ2n) is 5.46. The Bertz CT molecular complexity index is 767. The molecule has 0 spiro atoms. The van der Waals surface area contributed by atoms with Crippen molar-refractivity contribution in [3.63, 3.8) is 0 Å². The third-order valence-corrected chi connectivity index (χ3v) is 3.73. The second-order valence-corrected chi connectivity index (χ2v) is 5.46. The molecule has 0 aliphatic rings. The summed E-state index contributed by atoms with van der Waals surface area (Å²) in [5.41, 5.74) is 4.16. The predicted octanol–water partition coefficient (Wildman–Crippen LogP) is 3.41. The normalized spacial score (nSPS) is 11.0. The lowest BCUT2D eigenvalue weighted by Gasteiger charge is -2.10. The molecule has 0 aliphatic heterocycles. The van der Waals surface area contributed by atoms with Gasteiger partial charge >= 0.3 is 0 Å². The number of anilines is 1. The highest BCUT2D eigenvalue weighted by Gasteiger charge is 2.12. The molecule has 0 amide bonds. The first kappa shape index (κ1) is 15.5. The van der Waals surface area contributed by atoms with E-state index in [0.717, 1.165) is 47.7 Å². The Labute approximate surface area is 136 Å². The van der Waals surface area contributed by atoms with Crippen molar-refractivity contribution in [2.45, 2.75) is 19.8 Å². The molecule has 5 nitrogen and oxygen atoms in total. The molecule has 2 heterocycles. The molecule has 3 aromatic rings. The maximum Gasteiger partial charge on any atom is 0.165 e. The number of aryl methyl sites for hydroxylation is 1. The largest absolute Gasteiger partial charge is 0.383 e. The molecule has 0 saturated heterocycles. The maximum absolute atomic E-state index is 5.12. The van der Waals surface area contributed by atoms with Crippen LogP contribution in [0.25, 0.3) is 16.8 Å². The molecule has 5 heteroatoms. The molecule has 0 fully saturated rings. The quantitative estimate of drug-likeness (QED) is 0.680. The van der Waals surface area contributed by atoms with Crippen LogP contribution in [0, 0.1) is 0 Å². The van der Waals surface area contributed by atoms with Gasteiger partial charge in [-0.3, -0.25) is 0 Å². The van der Waals surface area contributed by atoms with Crippen molar-refractivity contribution in [2.75, 3.05) is 25.6 Å². The fourth-order valence-electron chi connectivity index (χ4n) is 2.63. The van der Waals surface area contributed by atoms with Crippen LogP contribution in [0.2, 0.25) is 0 Å². The van der Waals surface area contributed by atoms with Crippen molar-refractivity contribution in [3.05, 3.63) is 48.3 Å². The first-order valence-corrected chi connectivity index (χ1v) is 7.99. The number of aromatic nitrogens is 3. The molecule has 1 aromatic carbocycles. The summed E-state index contributed by atoms with van der Waals surface area (Å²) in [5, 5.41) is 7.91. The third-order valence-electron chi connectivity index (χ3n) is 3.73. The molecule has 120 valence electrons. The van der Waals surface area contributed by atoms with E-state index in [1.165, 1.54) is 0 Å². The van der Waals surface area contributed by atoms with Crippen LogP contribution in [0.1, 0.15) is 19.0 Å². The van der Waals surface area contributed by atoms with E-state index in [0.29, 0.717) is 6.61 Å². The van der Waals surface area contributed by atoms with Crippen LogP contribution in [0.3, 0.4) is 0 Å². The van der Waals surface area contributed by atoms with Gasteiger partial charge in [0.2, 0.25) is 0 Å². The van der Waals surface area contributed by atoms with E-state index in [2.05, 4.69) is 35.5 Å². The number of rotatable bonds is 7. The van der Waals surface area contributed by atoms with Gasteiger partial charge in [-0.2, -0.15) is 9.61 Å². The van der Waals surface area contributed by atoms with Gasteiger partial charge in [-0.05, 0) is 12.0 Å². The molecule has 0 aliphatic carbocycles. The summed E-state index contributed by atoms with van der Waals surface area (Å²) in [6, 6.07) is 12.3. The summed E-state index contributed by atoms with van der Waals surface area (Å²) < 4.78 is 6.99. The highest BCUT2D eigenvalue weighted by Crippen LogP contribution is 2.25. The Balaban J connectivity index is 2.07. The SMILES string of the molecule is CCCc1cc(NCCOC)n2ncc(-c3ccccc3)c2n1. The minimum atomic E-state index is 0.653. The van der Waals surface area contributed by atoms with Crippen molar-refractivity contribution < 1.29 is 4.74 Å². The molecule has 0 bridgehead atoms. The number of nitrogens with zero attached hydrogens (tertiary/aromatic N) is 3. The van der Waals surface area contributed by atoms with Crippen LogP contribution in [0.4, 0.5) is 5.82 Å². The summed E-state index contributed by atoms with van der Waals surface area (Å²) in [5.74, 6) is 0.956. The van der Waals surface area contributed by atoms with E-state index in [-0.39, 0.29) is 0 Å². The van der Waals surface area contributed by atoms with Crippen molar-refractivity contribution >= 4 is 11.5 Å². The van der Waals surface area contributed by atoms with Crippen molar-refractivity contribution in [1.29, 1.82) is 0 Å². The lowest BCUT2D eigenvalue weighted by Crippen LogP contribution is -2.12. The summed E-state index contributed by atoms with van der Waals surface area (Å²) in [6.45, 7) is 3.56. The van der Waals surface area contributed by atoms with Crippen LogP contribution in [-0.2, 0) is 11.2 Å². The Kier molecular flexibility index (Phi) is 4.88. The smallest absolute Gasteiger partial charge is 0.165 e. The number of methoxy groups -OCH3 is 1. The zero-order valence-corrected chi connectivity index (χ0v) is 13.6. The fraction of sp³-hybridized carbons (Fsp3) is 0.333. The maximum atomic E-state index is 5.12. The van der Waals surface area contributed by atoms with Gasteiger partial charge in [0, 0.05) is 31.0 Å². The number of nitrogens with one attached hydrogen (secondary N) is 1. The fourth-order valence-corrected chi connectivity index (χ4v) is 2.63. The van der Waals surface area contributed by atoms with Crippen LogP contribution < -0.4 is 5.32 Å². The summed E-state index contributed by atoms with van der Waals surface area (Å²) in [6.07, 6.45) is 3.90. The van der Waals surface area contributed by atoms with Gasteiger partial charge in [0.15, 0.2) is 5.65 Å². The Hall–Kier alpha value is -2.40. The molecule has 0 radical (unpaired) electrons.